The molecule has 0 spiro atoms. The Labute approximate surface area is 214 Å². The lowest BCUT2D eigenvalue weighted by molar-refractivity contribution is -0.127. The number of hydrogen-bond donors (Lipinski definition) is 2. The van der Waals surface area contributed by atoms with Crippen molar-refractivity contribution >= 4 is 26.7 Å². The first-order valence-electron chi connectivity index (χ1n) is 12.6. The van der Waals surface area contributed by atoms with Gasteiger partial charge in [0.25, 0.3) is 0 Å². The summed E-state index contributed by atoms with van der Waals surface area (Å²) >= 11 is 0. The topological polar surface area (TPSA) is 99.1 Å². The fraction of sp³-hybridized carbons (Fsp3) is 0.379. The zero-order valence-corrected chi connectivity index (χ0v) is 21.9. The zero-order chi connectivity index (χ0) is 26.0. The average Bonchev–Trinajstić information content (AvgIpc) is 2.88. The Hall–Kier alpha value is -3.21. The molecule has 1 atom stereocenters. The maximum absolute atomic E-state index is 13.7. The van der Waals surface area contributed by atoms with E-state index < -0.39 is 15.6 Å². The minimum absolute atomic E-state index is 0.127. The molecule has 0 aliphatic carbocycles. The number of sulfonamides is 1. The molecule has 7 heteroatoms. The second-order valence-electron chi connectivity index (χ2n) is 9.25. The highest BCUT2D eigenvalue weighted by atomic mass is 32.2. The van der Waals surface area contributed by atoms with Gasteiger partial charge in [-0.1, -0.05) is 82.0 Å². The molecule has 0 fully saturated rings. The van der Waals surface area contributed by atoms with Crippen molar-refractivity contribution in [1.29, 1.82) is 5.26 Å². The van der Waals surface area contributed by atoms with E-state index in [1.54, 1.807) is 42.5 Å². The lowest BCUT2D eigenvalue weighted by atomic mass is 9.85. The van der Waals surface area contributed by atoms with Crippen molar-refractivity contribution in [2.45, 2.75) is 69.2 Å². The predicted molar refractivity (Wildman–Crippen MR) is 144 cm³/mol. The van der Waals surface area contributed by atoms with Gasteiger partial charge in [-0.25, -0.2) is 8.42 Å². The Morgan fingerprint density at radius 1 is 0.917 bits per heavy atom. The fourth-order valence-corrected chi connectivity index (χ4v) is 5.77. The van der Waals surface area contributed by atoms with E-state index in [1.165, 1.54) is 0 Å². The van der Waals surface area contributed by atoms with Gasteiger partial charge in [0.1, 0.15) is 5.54 Å². The highest BCUT2D eigenvalue weighted by molar-refractivity contribution is 7.89. The van der Waals surface area contributed by atoms with Crippen LogP contribution in [0, 0.1) is 11.3 Å². The van der Waals surface area contributed by atoms with Crippen molar-refractivity contribution in [1.82, 2.24) is 10.0 Å². The molecule has 2 N–H and O–H groups in total. The first-order valence-corrected chi connectivity index (χ1v) is 14.1. The van der Waals surface area contributed by atoms with Gasteiger partial charge in [-0.3, -0.25) is 4.79 Å². The summed E-state index contributed by atoms with van der Waals surface area (Å²) in [6, 6.07) is 21.7. The molecule has 0 saturated heterocycles. The maximum Gasteiger partial charge on any atom is 0.241 e. The van der Waals surface area contributed by atoms with E-state index in [2.05, 4.69) is 23.0 Å². The van der Waals surface area contributed by atoms with Crippen LogP contribution < -0.4 is 10.0 Å². The second kappa shape index (κ2) is 12.7. The van der Waals surface area contributed by atoms with Crippen molar-refractivity contribution in [3.63, 3.8) is 0 Å². The molecule has 0 aliphatic heterocycles. The molecule has 1 unspecified atom stereocenters. The van der Waals surface area contributed by atoms with Crippen LogP contribution in [0.5, 0.6) is 0 Å². The first kappa shape index (κ1) is 27.4. The summed E-state index contributed by atoms with van der Waals surface area (Å²) in [7, 11) is -4.02. The van der Waals surface area contributed by atoms with Crippen LogP contribution in [0.3, 0.4) is 0 Å². The molecule has 0 heterocycles. The van der Waals surface area contributed by atoms with Crippen LogP contribution in [0.2, 0.25) is 0 Å². The molecule has 0 bridgehead atoms. The van der Waals surface area contributed by atoms with E-state index in [4.69, 9.17) is 5.26 Å². The third-order valence-electron chi connectivity index (χ3n) is 6.41. The van der Waals surface area contributed by atoms with Gasteiger partial charge >= 0.3 is 0 Å². The summed E-state index contributed by atoms with van der Waals surface area (Å²) in [6.45, 7) is 4.60. The van der Waals surface area contributed by atoms with Crippen LogP contribution in [-0.4, -0.2) is 26.4 Å². The molecule has 0 radical (unpaired) electrons. The lowest BCUT2D eigenvalue weighted by Gasteiger charge is -2.34. The highest BCUT2D eigenvalue weighted by Gasteiger charge is 2.42. The Morgan fingerprint density at radius 2 is 1.61 bits per heavy atom. The number of unbranched alkanes of at least 4 members (excludes halogenated alkanes) is 3. The average molecular weight is 506 g/mol. The molecule has 0 saturated carbocycles. The number of benzene rings is 3. The van der Waals surface area contributed by atoms with E-state index in [0.29, 0.717) is 24.9 Å². The largest absolute Gasteiger partial charge is 0.354 e. The number of nitriles is 1. The molecular weight excluding hydrogens is 470 g/mol. The van der Waals surface area contributed by atoms with Crippen molar-refractivity contribution in [3.8, 4) is 6.07 Å². The van der Waals surface area contributed by atoms with Crippen LogP contribution in [0.15, 0.2) is 71.6 Å². The Morgan fingerprint density at radius 3 is 2.28 bits per heavy atom. The van der Waals surface area contributed by atoms with Gasteiger partial charge in [0.15, 0.2) is 0 Å². The summed E-state index contributed by atoms with van der Waals surface area (Å²) in [4.78, 5) is 13.8. The number of hydrogen-bond acceptors (Lipinski definition) is 4. The number of nitrogens with zero attached hydrogens (tertiary/aromatic N) is 1. The Kier molecular flexibility index (Phi) is 9.63. The summed E-state index contributed by atoms with van der Waals surface area (Å²) in [5.41, 5.74) is -0.0570. The molecule has 6 nitrogen and oxygen atoms in total. The van der Waals surface area contributed by atoms with E-state index in [9.17, 15) is 13.2 Å². The highest BCUT2D eigenvalue weighted by Crippen LogP contribution is 2.27. The second-order valence-corrected chi connectivity index (χ2v) is 10.9. The van der Waals surface area contributed by atoms with E-state index in [-0.39, 0.29) is 17.2 Å². The number of rotatable bonds is 13. The van der Waals surface area contributed by atoms with Gasteiger partial charge in [-0.05, 0) is 53.4 Å². The van der Waals surface area contributed by atoms with Gasteiger partial charge in [0, 0.05) is 13.0 Å². The first-order chi connectivity index (χ1) is 17.3. The predicted octanol–water partition coefficient (Wildman–Crippen LogP) is 5.47. The van der Waals surface area contributed by atoms with Crippen molar-refractivity contribution in [3.05, 3.63) is 77.9 Å². The van der Waals surface area contributed by atoms with Gasteiger partial charge in [0.05, 0.1) is 16.5 Å². The quantitative estimate of drug-likeness (QED) is 0.301. The monoisotopic (exact) mass is 505 g/mol. The van der Waals surface area contributed by atoms with Gasteiger partial charge in [-0.2, -0.15) is 9.98 Å². The van der Waals surface area contributed by atoms with Crippen LogP contribution in [0.25, 0.3) is 10.8 Å². The minimum Gasteiger partial charge on any atom is -0.354 e. The van der Waals surface area contributed by atoms with Crippen molar-refractivity contribution in [2.75, 3.05) is 6.54 Å². The molecular formula is C29H35N3O3S. The molecule has 190 valence electrons. The molecule has 0 aliphatic rings. The van der Waals surface area contributed by atoms with Crippen molar-refractivity contribution < 1.29 is 13.2 Å². The third-order valence-corrected chi connectivity index (χ3v) is 7.94. The van der Waals surface area contributed by atoms with Crippen molar-refractivity contribution in [2.24, 2.45) is 0 Å². The fourth-order valence-electron chi connectivity index (χ4n) is 4.34. The molecule has 1 amide bonds. The number of fused-ring (bicyclic) bond motifs is 1. The zero-order valence-electron chi connectivity index (χ0n) is 21.1. The van der Waals surface area contributed by atoms with Crippen LogP contribution in [0.1, 0.15) is 63.5 Å². The van der Waals surface area contributed by atoms with Gasteiger partial charge in [-0.15, -0.1) is 0 Å². The van der Waals surface area contributed by atoms with Crippen LogP contribution >= 0.6 is 0 Å². The third kappa shape index (κ3) is 6.93. The summed E-state index contributed by atoms with van der Waals surface area (Å²) in [5, 5.41) is 13.9. The maximum atomic E-state index is 13.7. The lowest BCUT2D eigenvalue weighted by Crippen LogP contribution is -2.60. The normalized spacial score (nSPS) is 13.1. The van der Waals surface area contributed by atoms with Crippen LogP contribution in [-0.2, 0) is 21.2 Å². The molecule has 0 aromatic heterocycles. The Bertz CT molecular complexity index is 1310. The smallest absolute Gasteiger partial charge is 0.241 e. The Balaban J connectivity index is 2.03. The molecule has 36 heavy (non-hydrogen) atoms. The van der Waals surface area contributed by atoms with E-state index >= 15 is 0 Å². The molecule has 3 aromatic rings. The minimum atomic E-state index is -4.02. The van der Waals surface area contributed by atoms with Gasteiger partial charge < -0.3 is 5.32 Å². The SMILES string of the molecule is CCCCCC(Cc1ccc(C#N)cc1)(NS(=O)(=O)c1ccc2ccccc2c1)C(=O)NCCCC. The summed E-state index contributed by atoms with van der Waals surface area (Å²) in [5.74, 6) is -0.319. The summed E-state index contributed by atoms with van der Waals surface area (Å²) in [6.07, 6.45) is 4.82. The number of carbonyl (C=O) groups excluding carboxylic acids is 1. The van der Waals surface area contributed by atoms with Crippen LogP contribution in [0.4, 0.5) is 0 Å². The number of nitrogens with one attached hydrogen (secondary N) is 2. The van der Waals surface area contributed by atoms with E-state index in [0.717, 1.165) is 42.0 Å². The van der Waals surface area contributed by atoms with Gasteiger partial charge in [0.2, 0.25) is 15.9 Å². The molecule has 3 aromatic carbocycles. The summed E-state index contributed by atoms with van der Waals surface area (Å²) < 4.78 is 30.3. The number of amides is 1. The standard InChI is InChI=1S/C29H35N3O3S/c1-3-5-9-18-29(28(33)31-19-6-4-2,21-23-12-14-24(22-30)15-13-23)32-36(34,35)27-17-16-25-10-7-8-11-26(25)20-27/h7-8,10-17,20,32H,3-6,9,18-19,21H2,1-2H3,(H,31,33). The molecule has 3 rings (SSSR count). The van der Waals surface area contributed by atoms with E-state index in [1.807, 2.05) is 31.2 Å². The number of carbonyl (C=O) groups is 1.